The summed E-state index contributed by atoms with van der Waals surface area (Å²) in [6, 6.07) is 1.93. The lowest BCUT2D eigenvalue weighted by molar-refractivity contribution is 0.102. The molecule has 0 atom stereocenters. The highest BCUT2D eigenvalue weighted by molar-refractivity contribution is 7.12. The number of nitrogens with zero attached hydrogens (tertiary/aromatic N) is 2. The number of hydrogen-bond acceptors (Lipinski definition) is 3. The number of anilines is 1. The Morgan fingerprint density at radius 1 is 1.60 bits per heavy atom. The molecule has 2 aromatic heterocycles. The largest absolute Gasteiger partial charge is 0.320 e. The van der Waals surface area contributed by atoms with E-state index in [0.29, 0.717) is 5.95 Å². The molecule has 15 heavy (non-hydrogen) atoms. The van der Waals surface area contributed by atoms with Gasteiger partial charge in [0.25, 0.3) is 5.91 Å². The van der Waals surface area contributed by atoms with Crippen LogP contribution in [0.25, 0.3) is 0 Å². The molecule has 2 rings (SSSR count). The molecular formula is C10H11N3OS. The molecule has 0 fully saturated rings. The van der Waals surface area contributed by atoms with Crippen molar-refractivity contribution in [3.05, 3.63) is 34.3 Å². The summed E-state index contributed by atoms with van der Waals surface area (Å²) in [4.78, 5) is 16.6. The van der Waals surface area contributed by atoms with Gasteiger partial charge in [0.1, 0.15) is 0 Å². The van der Waals surface area contributed by atoms with Crippen molar-refractivity contribution in [2.24, 2.45) is 7.05 Å². The first-order valence-electron chi connectivity index (χ1n) is 4.51. The molecule has 0 saturated carbocycles. The molecule has 0 radical (unpaired) electrons. The first-order chi connectivity index (χ1) is 7.18. The first-order valence-corrected chi connectivity index (χ1v) is 5.39. The van der Waals surface area contributed by atoms with Crippen molar-refractivity contribution in [3.63, 3.8) is 0 Å². The zero-order chi connectivity index (χ0) is 10.8. The van der Waals surface area contributed by atoms with Crippen molar-refractivity contribution in [1.29, 1.82) is 0 Å². The normalized spacial score (nSPS) is 10.3. The highest BCUT2D eigenvalue weighted by Gasteiger charge is 2.12. The molecule has 0 aliphatic rings. The van der Waals surface area contributed by atoms with Gasteiger partial charge in [-0.05, 0) is 23.9 Å². The van der Waals surface area contributed by atoms with E-state index in [0.717, 1.165) is 10.4 Å². The molecule has 2 heterocycles. The average Bonchev–Trinajstić information content (AvgIpc) is 2.76. The van der Waals surface area contributed by atoms with Crippen molar-refractivity contribution >= 4 is 23.2 Å². The lowest BCUT2D eigenvalue weighted by atomic mass is 10.3. The number of amides is 1. The standard InChI is InChI=1S/C10H11N3OS/c1-7-3-6-15-8(7)9(14)12-10-11-4-5-13(10)2/h3-6H,1-2H3,(H,11,12,14). The summed E-state index contributed by atoms with van der Waals surface area (Å²) < 4.78 is 1.76. The summed E-state index contributed by atoms with van der Waals surface area (Å²) in [7, 11) is 1.84. The maximum atomic E-state index is 11.8. The smallest absolute Gasteiger partial charge is 0.268 e. The Hall–Kier alpha value is -1.62. The minimum absolute atomic E-state index is 0.100. The van der Waals surface area contributed by atoms with E-state index < -0.39 is 0 Å². The van der Waals surface area contributed by atoms with E-state index >= 15 is 0 Å². The maximum Gasteiger partial charge on any atom is 0.268 e. The Labute approximate surface area is 91.6 Å². The van der Waals surface area contributed by atoms with E-state index in [9.17, 15) is 4.79 Å². The van der Waals surface area contributed by atoms with Gasteiger partial charge in [0.2, 0.25) is 5.95 Å². The fraction of sp³-hybridized carbons (Fsp3) is 0.200. The molecule has 78 valence electrons. The Bertz CT molecular complexity index is 486. The van der Waals surface area contributed by atoms with Gasteiger partial charge in [-0.2, -0.15) is 0 Å². The van der Waals surface area contributed by atoms with Crippen LogP contribution >= 0.6 is 11.3 Å². The molecule has 0 spiro atoms. The van der Waals surface area contributed by atoms with Crippen LogP contribution in [0.2, 0.25) is 0 Å². The number of rotatable bonds is 2. The summed E-state index contributed by atoms with van der Waals surface area (Å²) in [6.07, 6.45) is 3.44. The molecule has 0 aliphatic carbocycles. The van der Waals surface area contributed by atoms with Gasteiger partial charge in [0, 0.05) is 19.4 Å². The predicted octanol–water partition coefficient (Wildman–Crippen LogP) is 2.04. The van der Waals surface area contributed by atoms with E-state index in [1.54, 1.807) is 17.0 Å². The fourth-order valence-corrected chi connectivity index (χ4v) is 2.07. The third kappa shape index (κ3) is 1.92. The summed E-state index contributed by atoms with van der Waals surface area (Å²) in [6.45, 7) is 1.92. The van der Waals surface area contributed by atoms with Crippen molar-refractivity contribution in [3.8, 4) is 0 Å². The third-order valence-corrected chi connectivity index (χ3v) is 3.13. The minimum Gasteiger partial charge on any atom is -0.320 e. The average molecular weight is 221 g/mol. The van der Waals surface area contributed by atoms with Crippen LogP contribution in [-0.4, -0.2) is 15.5 Å². The molecule has 0 bridgehead atoms. The monoisotopic (exact) mass is 221 g/mol. The predicted molar refractivity (Wildman–Crippen MR) is 60.2 cm³/mol. The molecule has 1 amide bonds. The second-order valence-corrected chi connectivity index (χ2v) is 4.16. The second kappa shape index (κ2) is 3.86. The highest BCUT2D eigenvalue weighted by Crippen LogP contribution is 2.16. The molecule has 0 saturated heterocycles. The molecule has 0 aliphatic heterocycles. The molecule has 5 heteroatoms. The molecular weight excluding hydrogens is 210 g/mol. The molecule has 2 aromatic rings. The molecule has 4 nitrogen and oxygen atoms in total. The summed E-state index contributed by atoms with van der Waals surface area (Å²) in [5.41, 5.74) is 0.992. The number of aromatic nitrogens is 2. The van der Waals surface area contributed by atoms with Crippen LogP contribution in [0.4, 0.5) is 5.95 Å². The maximum absolute atomic E-state index is 11.8. The van der Waals surface area contributed by atoms with Crippen molar-refractivity contribution in [2.45, 2.75) is 6.92 Å². The van der Waals surface area contributed by atoms with Gasteiger partial charge < -0.3 is 4.57 Å². The summed E-state index contributed by atoms with van der Waals surface area (Å²) >= 11 is 1.44. The Morgan fingerprint density at radius 3 is 2.93 bits per heavy atom. The SMILES string of the molecule is Cc1ccsc1C(=O)Nc1nccn1C. The number of nitrogens with one attached hydrogen (secondary N) is 1. The van der Waals surface area contributed by atoms with Crippen LogP contribution in [0.3, 0.4) is 0 Å². The zero-order valence-electron chi connectivity index (χ0n) is 8.52. The Balaban J connectivity index is 2.18. The van der Waals surface area contributed by atoms with Crippen LogP contribution in [0.5, 0.6) is 0 Å². The number of hydrogen-bond donors (Lipinski definition) is 1. The quantitative estimate of drug-likeness (QED) is 0.843. The first kappa shape index (κ1) is 9.92. The highest BCUT2D eigenvalue weighted by atomic mass is 32.1. The zero-order valence-corrected chi connectivity index (χ0v) is 9.34. The molecule has 0 aromatic carbocycles. The Kier molecular flexibility index (Phi) is 2.55. The van der Waals surface area contributed by atoms with Crippen LogP contribution in [0.1, 0.15) is 15.2 Å². The number of carbonyl (C=O) groups excluding carboxylic acids is 1. The van der Waals surface area contributed by atoms with Gasteiger partial charge in [-0.1, -0.05) is 0 Å². The van der Waals surface area contributed by atoms with Crippen LogP contribution in [-0.2, 0) is 7.05 Å². The van der Waals surface area contributed by atoms with Crippen molar-refractivity contribution in [2.75, 3.05) is 5.32 Å². The molecule has 1 N–H and O–H groups in total. The van der Waals surface area contributed by atoms with Gasteiger partial charge in [0.05, 0.1) is 4.88 Å². The number of aryl methyl sites for hydroxylation is 2. The van der Waals surface area contributed by atoms with E-state index in [1.165, 1.54) is 11.3 Å². The minimum atomic E-state index is -0.100. The van der Waals surface area contributed by atoms with E-state index in [-0.39, 0.29) is 5.91 Å². The number of carbonyl (C=O) groups is 1. The van der Waals surface area contributed by atoms with Crippen LogP contribution < -0.4 is 5.32 Å². The lowest BCUT2D eigenvalue weighted by Gasteiger charge is -2.03. The van der Waals surface area contributed by atoms with Gasteiger partial charge in [-0.15, -0.1) is 11.3 Å². The fourth-order valence-electron chi connectivity index (χ4n) is 1.25. The number of thiophene rings is 1. The summed E-state index contributed by atoms with van der Waals surface area (Å²) in [5, 5.41) is 4.66. The van der Waals surface area contributed by atoms with Crippen LogP contribution in [0.15, 0.2) is 23.8 Å². The summed E-state index contributed by atoms with van der Waals surface area (Å²) in [5.74, 6) is 0.463. The second-order valence-electron chi connectivity index (χ2n) is 3.25. The van der Waals surface area contributed by atoms with Crippen molar-refractivity contribution < 1.29 is 4.79 Å². The lowest BCUT2D eigenvalue weighted by Crippen LogP contribution is -2.14. The topological polar surface area (TPSA) is 46.9 Å². The molecule has 0 unspecified atom stereocenters. The van der Waals surface area contributed by atoms with Gasteiger partial charge in [-0.3, -0.25) is 10.1 Å². The van der Waals surface area contributed by atoms with E-state index in [1.807, 2.05) is 25.4 Å². The van der Waals surface area contributed by atoms with Gasteiger partial charge in [-0.25, -0.2) is 4.98 Å². The third-order valence-electron chi connectivity index (χ3n) is 2.11. The van der Waals surface area contributed by atoms with E-state index in [2.05, 4.69) is 10.3 Å². The van der Waals surface area contributed by atoms with E-state index in [4.69, 9.17) is 0 Å². The van der Waals surface area contributed by atoms with Crippen LogP contribution in [0, 0.1) is 6.92 Å². The van der Waals surface area contributed by atoms with Gasteiger partial charge >= 0.3 is 0 Å². The van der Waals surface area contributed by atoms with Gasteiger partial charge in [0.15, 0.2) is 0 Å². The number of imidazole rings is 1. The Morgan fingerprint density at radius 2 is 2.40 bits per heavy atom. The van der Waals surface area contributed by atoms with Crippen molar-refractivity contribution in [1.82, 2.24) is 9.55 Å².